The second kappa shape index (κ2) is 9.13. The number of rotatable bonds is 8. The van der Waals surface area contributed by atoms with E-state index < -0.39 is 0 Å². The van der Waals surface area contributed by atoms with Crippen LogP contribution in [0, 0.1) is 0 Å². The quantitative estimate of drug-likeness (QED) is 0.734. The summed E-state index contributed by atoms with van der Waals surface area (Å²) in [7, 11) is 1.68. The number of methoxy groups -OCH3 is 1. The van der Waals surface area contributed by atoms with Crippen LogP contribution in [0.1, 0.15) is 23.6 Å². The molecule has 0 saturated carbocycles. The summed E-state index contributed by atoms with van der Waals surface area (Å²) in [5.74, 6) is 0.880. The highest BCUT2D eigenvalue weighted by molar-refractivity contribution is 5.53. The third kappa shape index (κ3) is 5.89. The lowest BCUT2D eigenvalue weighted by Crippen LogP contribution is -2.19. The van der Waals surface area contributed by atoms with Gasteiger partial charge < -0.3 is 15.2 Å². The van der Waals surface area contributed by atoms with Crippen molar-refractivity contribution in [2.75, 3.05) is 20.2 Å². The summed E-state index contributed by atoms with van der Waals surface area (Å²) in [6.45, 7) is 4.05. The molecule has 2 rings (SSSR count). The van der Waals surface area contributed by atoms with E-state index in [4.69, 9.17) is 9.84 Å². The van der Waals surface area contributed by atoms with E-state index in [1.165, 1.54) is 16.7 Å². The fourth-order valence-electron chi connectivity index (χ4n) is 2.37. The second-order valence-electron chi connectivity index (χ2n) is 5.67. The van der Waals surface area contributed by atoms with Crippen LogP contribution >= 0.6 is 0 Å². The zero-order valence-corrected chi connectivity index (χ0v) is 13.9. The minimum atomic E-state index is 0.105. The molecule has 23 heavy (non-hydrogen) atoms. The van der Waals surface area contributed by atoms with Gasteiger partial charge in [-0.3, -0.25) is 0 Å². The number of aliphatic hydroxyl groups excluding tert-OH is 1. The van der Waals surface area contributed by atoms with Crippen molar-refractivity contribution >= 4 is 6.08 Å². The molecule has 0 bridgehead atoms. The average molecular weight is 311 g/mol. The molecule has 0 spiro atoms. The van der Waals surface area contributed by atoms with Crippen LogP contribution in [0.3, 0.4) is 0 Å². The number of aliphatic hydroxyl groups is 1. The summed E-state index contributed by atoms with van der Waals surface area (Å²) in [6, 6.07) is 16.2. The molecule has 122 valence electrons. The molecule has 3 heteroatoms. The first kappa shape index (κ1) is 17.3. The smallest absolute Gasteiger partial charge is 0.118 e. The van der Waals surface area contributed by atoms with Crippen molar-refractivity contribution in [3.05, 3.63) is 70.8 Å². The highest BCUT2D eigenvalue weighted by Crippen LogP contribution is 2.13. The summed E-state index contributed by atoms with van der Waals surface area (Å²) in [5.41, 5.74) is 4.72. The van der Waals surface area contributed by atoms with Crippen molar-refractivity contribution in [2.45, 2.75) is 20.0 Å². The number of ether oxygens (including phenoxy) is 1. The summed E-state index contributed by atoms with van der Waals surface area (Å²) in [5, 5.41) is 12.5. The van der Waals surface area contributed by atoms with Gasteiger partial charge in [-0.15, -0.1) is 0 Å². The van der Waals surface area contributed by atoms with E-state index in [1.807, 2.05) is 24.3 Å². The molecular formula is C20H25NO2. The van der Waals surface area contributed by atoms with Crippen molar-refractivity contribution < 1.29 is 9.84 Å². The third-order valence-electron chi connectivity index (χ3n) is 3.73. The average Bonchev–Trinajstić information content (AvgIpc) is 2.60. The van der Waals surface area contributed by atoms with Gasteiger partial charge in [0.15, 0.2) is 0 Å². The van der Waals surface area contributed by atoms with Crippen LogP contribution in [0.2, 0.25) is 0 Å². The Labute approximate surface area is 138 Å². The standard InChI is InChI=1S/C20H25NO2/c1-16(13-18-7-9-20(23-2)10-8-18)14-21-12-11-17-3-5-19(15-22)6-4-17/h3-10,13,21-22H,11-12,14-15H2,1-2H3/b16-13-. The molecule has 0 saturated heterocycles. The molecule has 0 aliphatic heterocycles. The monoisotopic (exact) mass is 311 g/mol. The maximum absolute atomic E-state index is 9.03. The normalized spacial score (nSPS) is 11.5. The minimum absolute atomic E-state index is 0.105. The third-order valence-corrected chi connectivity index (χ3v) is 3.73. The van der Waals surface area contributed by atoms with Crippen LogP contribution in [0.5, 0.6) is 5.75 Å². The fourth-order valence-corrected chi connectivity index (χ4v) is 2.37. The van der Waals surface area contributed by atoms with E-state index in [0.29, 0.717) is 0 Å². The Morgan fingerprint density at radius 2 is 1.70 bits per heavy atom. The van der Waals surface area contributed by atoms with Crippen molar-refractivity contribution in [1.82, 2.24) is 5.32 Å². The van der Waals surface area contributed by atoms with Crippen LogP contribution < -0.4 is 10.1 Å². The summed E-state index contributed by atoms with van der Waals surface area (Å²) >= 11 is 0. The zero-order valence-electron chi connectivity index (χ0n) is 13.9. The molecule has 2 aromatic carbocycles. The summed E-state index contributed by atoms with van der Waals surface area (Å²) in [6.07, 6.45) is 3.17. The first-order valence-electron chi connectivity index (χ1n) is 7.92. The number of benzene rings is 2. The lowest BCUT2D eigenvalue weighted by Gasteiger charge is -2.07. The molecule has 0 aromatic heterocycles. The zero-order chi connectivity index (χ0) is 16.5. The lowest BCUT2D eigenvalue weighted by atomic mass is 10.1. The molecule has 2 aromatic rings. The largest absolute Gasteiger partial charge is 0.497 e. The maximum atomic E-state index is 9.03. The van der Waals surface area contributed by atoms with Crippen LogP contribution in [0.4, 0.5) is 0 Å². The molecule has 3 nitrogen and oxygen atoms in total. The highest BCUT2D eigenvalue weighted by atomic mass is 16.5. The van der Waals surface area contributed by atoms with Crippen molar-refractivity contribution in [3.8, 4) is 5.75 Å². The van der Waals surface area contributed by atoms with E-state index in [2.05, 4.69) is 42.6 Å². The number of hydrogen-bond acceptors (Lipinski definition) is 3. The van der Waals surface area contributed by atoms with E-state index in [1.54, 1.807) is 7.11 Å². The Hall–Kier alpha value is -2.10. The second-order valence-corrected chi connectivity index (χ2v) is 5.67. The highest BCUT2D eigenvalue weighted by Gasteiger charge is 1.96. The fraction of sp³-hybridized carbons (Fsp3) is 0.300. The van der Waals surface area contributed by atoms with Crippen molar-refractivity contribution in [1.29, 1.82) is 0 Å². The van der Waals surface area contributed by atoms with Crippen LogP contribution in [-0.2, 0) is 13.0 Å². The number of hydrogen-bond donors (Lipinski definition) is 2. The summed E-state index contributed by atoms with van der Waals surface area (Å²) < 4.78 is 5.16. The first-order chi connectivity index (χ1) is 11.2. The Balaban J connectivity index is 1.74. The molecule has 0 unspecified atom stereocenters. The Bertz CT molecular complexity index is 615. The molecule has 0 amide bonds. The lowest BCUT2D eigenvalue weighted by molar-refractivity contribution is 0.282. The summed E-state index contributed by atoms with van der Waals surface area (Å²) in [4.78, 5) is 0. The van der Waals surface area contributed by atoms with E-state index in [-0.39, 0.29) is 6.61 Å². The Morgan fingerprint density at radius 1 is 1.04 bits per heavy atom. The Morgan fingerprint density at radius 3 is 2.30 bits per heavy atom. The van der Waals surface area contributed by atoms with Gasteiger partial charge in [-0.05, 0) is 48.7 Å². The van der Waals surface area contributed by atoms with Crippen LogP contribution in [0.15, 0.2) is 54.1 Å². The predicted octanol–water partition coefficient (Wildman–Crippen LogP) is 3.42. The molecule has 2 N–H and O–H groups in total. The topological polar surface area (TPSA) is 41.5 Å². The van der Waals surface area contributed by atoms with Gasteiger partial charge in [-0.2, -0.15) is 0 Å². The van der Waals surface area contributed by atoms with E-state index >= 15 is 0 Å². The van der Waals surface area contributed by atoms with Gasteiger partial charge in [-0.1, -0.05) is 48.0 Å². The van der Waals surface area contributed by atoms with Gasteiger partial charge in [0.2, 0.25) is 0 Å². The van der Waals surface area contributed by atoms with Gasteiger partial charge >= 0.3 is 0 Å². The van der Waals surface area contributed by atoms with Crippen LogP contribution in [0.25, 0.3) is 6.08 Å². The predicted molar refractivity (Wildman–Crippen MR) is 95.6 cm³/mol. The van der Waals surface area contributed by atoms with Crippen molar-refractivity contribution in [3.63, 3.8) is 0 Å². The molecule has 0 atom stereocenters. The van der Waals surface area contributed by atoms with Crippen LogP contribution in [-0.4, -0.2) is 25.3 Å². The molecule has 0 aliphatic carbocycles. The first-order valence-corrected chi connectivity index (χ1v) is 7.92. The molecule has 0 radical (unpaired) electrons. The number of nitrogens with one attached hydrogen (secondary N) is 1. The molecule has 0 fully saturated rings. The van der Waals surface area contributed by atoms with Crippen molar-refractivity contribution in [2.24, 2.45) is 0 Å². The molecule has 0 heterocycles. The molecular weight excluding hydrogens is 286 g/mol. The van der Waals surface area contributed by atoms with Gasteiger partial charge in [-0.25, -0.2) is 0 Å². The van der Waals surface area contributed by atoms with Gasteiger partial charge in [0.05, 0.1) is 13.7 Å². The van der Waals surface area contributed by atoms with Gasteiger partial charge in [0, 0.05) is 6.54 Å². The van der Waals surface area contributed by atoms with E-state index in [0.717, 1.165) is 30.8 Å². The maximum Gasteiger partial charge on any atom is 0.118 e. The van der Waals surface area contributed by atoms with Gasteiger partial charge in [0.25, 0.3) is 0 Å². The SMILES string of the molecule is COc1ccc(/C=C(/C)CNCCc2ccc(CO)cc2)cc1. The van der Waals surface area contributed by atoms with Gasteiger partial charge in [0.1, 0.15) is 5.75 Å². The minimum Gasteiger partial charge on any atom is -0.497 e. The van der Waals surface area contributed by atoms with E-state index in [9.17, 15) is 0 Å². The molecule has 0 aliphatic rings. The Kier molecular flexibility index (Phi) is 6.85.